The van der Waals surface area contributed by atoms with Crippen LogP contribution in [0.4, 0.5) is 5.82 Å². The highest BCUT2D eigenvalue weighted by Crippen LogP contribution is 2.33. The smallest absolute Gasteiger partial charge is 0.274 e. The summed E-state index contributed by atoms with van der Waals surface area (Å²) in [5.74, 6) is 2.83. The number of methoxy groups -OCH3 is 2. The second-order valence-electron chi connectivity index (χ2n) is 7.92. The van der Waals surface area contributed by atoms with Crippen LogP contribution in [0.3, 0.4) is 0 Å². The molecule has 2 aliphatic rings. The molecule has 4 rings (SSSR count). The van der Waals surface area contributed by atoms with Crippen LogP contribution in [-0.2, 0) is 13.0 Å². The first-order chi connectivity index (χ1) is 14.1. The predicted octanol–water partition coefficient (Wildman–Crippen LogP) is 2.93. The van der Waals surface area contributed by atoms with Crippen LogP contribution >= 0.6 is 0 Å². The Hall–Kier alpha value is -2.83. The lowest BCUT2D eigenvalue weighted by Gasteiger charge is -2.31. The van der Waals surface area contributed by atoms with Gasteiger partial charge in [-0.3, -0.25) is 4.79 Å². The molecule has 7 nitrogen and oxygen atoms in total. The molecule has 0 bridgehead atoms. The van der Waals surface area contributed by atoms with Gasteiger partial charge in [0.1, 0.15) is 0 Å². The van der Waals surface area contributed by atoms with Crippen molar-refractivity contribution in [1.29, 1.82) is 0 Å². The average Bonchev–Trinajstić information content (AvgIpc) is 2.77. The highest BCUT2D eigenvalue weighted by atomic mass is 16.5. The monoisotopic (exact) mass is 396 g/mol. The lowest BCUT2D eigenvalue weighted by Crippen LogP contribution is -2.37. The lowest BCUT2D eigenvalue weighted by molar-refractivity contribution is 0.0727. The molecule has 0 radical (unpaired) electrons. The maximum Gasteiger partial charge on any atom is 0.274 e. The van der Waals surface area contributed by atoms with Crippen LogP contribution in [0.5, 0.6) is 11.5 Å². The molecule has 1 aromatic carbocycles. The fourth-order valence-corrected chi connectivity index (χ4v) is 4.22. The standard InChI is InChI=1S/C22H28N4O3/c1-15-5-4-9-25(13-15)21-7-6-18(23-24-21)22(27)26-10-8-16-11-19(28-2)20(29-3)12-17(16)14-26/h6-7,11-12,15H,4-5,8-10,13-14H2,1-3H3. The van der Waals surface area contributed by atoms with Gasteiger partial charge in [-0.25, -0.2) is 0 Å². The summed E-state index contributed by atoms with van der Waals surface area (Å²) >= 11 is 0. The van der Waals surface area contributed by atoms with E-state index < -0.39 is 0 Å². The Morgan fingerprint density at radius 3 is 2.48 bits per heavy atom. The normalized spacial score (nSPS) is 18.9. The number of carbonyl (C=O) groups is 1. The molecule has 1 unspecified atom stereocenters. The zero-order valence-corrected chi connectivity index (χ0v) is 17.4. The number of ether oxygens (including phenoxy) is 2. The van der Waals surface area contributed by atoms with Gasteiger partial charge in [-0.1, -0.05) is 6.92 Å². The van der Waals surface area contributed by atoms with Crippen molar-refractivity contribution in [2.45, 2.75) is 32.7 Å². The molecule has 0 N–H and O–H groups in total. The summed E-state index contributed by atoms with van der Waals surface area (Å²) in [6.07, 6.45) is 3.21. The Bertz CT molecular complexity index is 884. The van der Waals surface area contributed by atoms with Crippen molar-refractivity contribution in [2.75, 3.05) is 38.8 Å². The Morgan fingerprint density at radius 2 is 1.83 bits per heavy atom. The number of anilines is 1. The van der Waals surface area contributed by atoms with Crippen LogP contribution in [0.1, 0.15) is 41.4 Å². The number of aromatic nitrogens is 2. The quantitative estimate of drug-likeness (QED) is 0.792. The second kappa shape index (κ2) is 8.27. The third kappa shape index (κ3) is 3.99. The van der Waals surface area contributed by atoms with Crippen LogP contribution in [0, 0.1) is 5.92 Å². The largest absolute Gasteiger partial charge is 0.493 e. The fourth-order valence-electron chi connectivity index (χ4n) is 4.22. The van der Waals surface area contributed by atoms with Crippen LogP contribution in [-0.4, -0.2) is 54.9 Å². The molecule has 7 heteroatoms. The molecule has 154 valence electrons. The first-order valence-corrected chi connectivity index (χ1v) is 10.2. The molecule has 2 aromatic rings. The molecule has 1 fully saturated rings. The zero-order chi connectivity index (χ0) is 20.4. The fraction of sp³-hybridized carbons (Fsp3) is 0.500. The van der Waals surface area contributed by atoms with E-state index in [1.165, 1.54) is 18.4 Å². The first-order valence-electron chi connectivity index (χ1n) is 10.2. The van der Waals surface area contributed by atoms with Crippen molar-refractivity contribution in [2.24, 2.45) is 5.92 Å². The van der Waals surface area contributed by atoms with E-state index in [1.807, 2.05) is 23.1 Å². The van der Waals surface area contributed by atoms with E-state index in [0.29, 0.717) is 30.5 Å². The molecule has 0 spiro atoms. The predicted molar refractivity (Wildman–Crippen MR) is 111 cm³/mol. The second-order valence-corrected chi connectivity index (χ2v) is 7.92. The third-order valence-electron chi connectivity index (χ3n) is 5.86. The molecule has 2 aliphatic heterocycles. The highest BCUT2D eigenvalue weighted by Gasteiger charge is 2.25. The van der Waals surface area contributed by atoms with Crippen molar-refractivity contribution in [3.8, 4) is 11.5 Å². The Labute approximate surface area is 171 Å². The summed E-state index contributed by atoms with van der Waals surface area (Å²) in [4.78, 5) is 17.1. The molecular weight excluding hydrogens is 368 g/mol. The van der Waals surface area contributed by atoms with Gasteiger partial charge in [0.15, 0.2) is 23.0 Å². The molecule has 0 aliphatic carbocycles. The Kier molecular flexibility index (Phi) is 5.56. The Morgan fingerprint density at radius 1 is 1.07 bits per heavy atom. The van der Waals surface area contributed by atoms with E-state index in [-0.39, 0.29) is 5.91 Å². The van der Waals surface area contributed by atoms with Crippen molar-refractivity contribution >= 4 is 11.7 Å². The van der Waals surface area contributed by atoms with Gasteiger partial charge in [-0.05, 0) is 60.6 Å². The van der Waals surface area contributed by atoms with Crippen molar-refractivity contribution in [3.63, 3.8) is 0 Å². The first kappa shape index (κ1) is 19.5. The van der Waals surface area contributed by atoms with E-state index in [1.54, 1.807) is 20.3 Å². The number of rotatable bonds is 4. The summed E-state index contributed by atoms with van der Waals surface area (Å²) in [6.45, 7) is 5.43. The minimum atomic E-state index is -0.0866. The van der Waals surface area contributed by atoms with Gasteiger partial charge in [-0.15, -0.1) is 10.2 Å². The number of fused-ring (bicyclic) bond motifs is 1. The molecule has 1 saturated heterocycles. The van der Waals surface area contributed by atoms with E-state index in [0.717, 1.165) is 36.6 Å². The van der Waals surface area contributed by atoms with Crippen molar-refractivity contribution in [1.82, 2.24) is 15.1 Å². The van der Waals surface area contributed by atoms with Gasteiger partial charge < -0.3 is 19.3 Å². The number of amides is 1. The maximum absolute atomic E-state index is 13.0. The zero-order valence-electron chi connectivity index (χ0n) is 17.4. The van der Waals surface area contributed by atoms with Crippen molar-refractivity contribution in [3.05, 3.63) is 41.1 Å². The summed E-state index contributed by atoms with van der Waals surface area (Å²) in [5.41, 5.74) is 2.66. The van der Waals surface area contributed by atoms with E-state index in [2.05, 4.69) is 22.0 Å². The number of piperidine rings is 1. The topological polar surface area (TPSA) is 67.8 Å². The average molecular weight is 396 g/mol. The molecule has 1 aromatic heterocycles. The summed E-state index contributed by atoms with van der Waals surface area (Å²) < 4.78 is 10.8. The third-order valence-corrected chi connectivity index (χ3v) is 5.86. The number of hydrogen-bond donors (Lipinski definition) is 0. The van der Waals surface area contributed by atoms with Crippen LogP contribution < -0.4 is 14.4 Å². The molecular formula is C22H28N4O3. The van der Waals surface area contributed by atoms with Crippen LogP contribution in [0.25, 0.3) is 0 Å². The van der Waals surface area contributed by atoms with E-state index in [9.17, 15) is 4.79 Å². The minimum absolute atomic E-state index is 0.0866. The number of benzene rings is 1. The molecule has 1 atom stereocenters. The van der Waals surface area contributed by atoms with Gasteiger partial charge in [0.2, 0.25) is 0 Å². The number of nitrogens with zero attached hydrogens (tertiary/aromatic N) is 4. The molecule has 0 saturated carbocycles. The summed E-state index contributed by atoms with van der Waals surface area (Å²) in [5, 5.41) is 8.58. The van der Waals surface area contributed by atoms with Gasteiger partial charge in [0.25, 0.3) is 5.91 Å². The van der Waals surface area contributed by atoms with Gasteiger partial charge in [-0.2, -0.15) is 0 Å². The summed E-state index contributed by atoms with van der Waals surface area (Å²) in [6, 6.07) is 7.68. The van der Waals surface area contributed by atoms with E-state index >= 15 is 0 Å². The van der Waals surface area contributed by atoms with E-state index in [4.69, 9.17) is 9.47 Å². The van der Waals surface area contributed by atoms with Crippen LogP contribution in [0.2, 0.25) is 0 Å². The highest BCUT2D eigenvalue weighted by molar-refractivity contribution is 5.92. The lowest BCUT2D eigenvalue weighted by atomic mass is 9.98. The maximum atomic E-state index is 13.0. The van der Waals surface area contributed by atoms with Gasteiger partial charge >= 0.3 is 0 Å². The molecule has 1 amide bonds. The minimum Gasteiger partial charge on any atom is -0.493 e. The molecule has 3 heterocycles. The molecule has 29 heavy (non-hydrogen) atoms. The number of carbonyl (C=O) groups excluding carboxylic acids is 1. The summed E-state index contributed by atoms with van der Waals surface area (Å²) in [7, 11) is 3.26. The number of hydrogen-bond acceptors (Lipinski definition) is 6. The van der Waals surface area contributed by atoms with Gasteiger partial charge in [0, 0.05) is 26.2 Å². The van der Waals surface area contributed by atoms with Crippen LogP contribution in [0.15, 0.2) is 24.3 Å². The van der Waals surface area contributed by atoms with Gasteiger partial charge in [0.05, 0.1) is 14.2 Å². The van der Waals surface area contributed by atoms with Crippen molar-refractivity contribution < 1.29 is 14.3 Å². The SMILES string of the molecule is COc1cc2c(cc1OC)CN(C(=O)c1ccc(N3CCCC(C)C3)nn1)CC2. The Balaban J connectivity index is 1.48.